The quantitative estimate of drug-likeness (QED) is 0.217. The second-order valence-corrected chi connectivity index (χ2v) is 6.99. The molecular formula is C18H18ClN7O2S. The number of amides is 1. The second kappa shape index (κ2) is 9.80. The summed E-state index contributed by atoms with van der Waals surface area (Å²) in [6.45, 7) is 0. The Labute approximate surface area is 176 Å². The lowest BCUT2D eigenvalue weighted by atomic mass is 10.2. The molecule has 11 heteroatoms. The van der Waals surface area contributed by atoms with Crippen molar-refractivity contribution in [2.75, 3.05) is 29.4 Å². The zero-order valence-corrected chi connectivity index (χ0v) is 16.9. The zero-order chi connectivity index (χ0) is 20.6. The SMILES string of the molecule is COc1ccc(/C=N/Nc2nnc(SCC(=O)Nc3ccccc3Cl)n2N)cc1. The van der Waals surface area contributed by atoms with Gasteiger partial charge in [-0.3, -0.25) is 4.79 Å². The summed E-state index contributed by atoms with van der Waals surface area (Å²) in [6.07, 6.45) is 1.61. The second-order valence-electron chi connectivity index (χ2n) is 5.64. The molecule has 0 fully saturated rings. The van der Waals surface area contributed by atoms with Crippen LogP contribution in [-0.2, 0) is 4.79 Å². The van der Waals surface area contributed by atoms with Gasteiger partial charge in [0.15, 0.2) is 0 Å². The van der Waals surface area contributed by atoms with E-state index in [0.717, 1.165) is 23.1 Å². The van der Waals surface area contributed by atoms with Crippen molar-refractivity contribution < 1.29 is 9.53 Å². The number of hydrogen-bond donors (Lipinski definition) is 3. The van der Waals surface area contributed by atoms with Gasteiger partial charge in [-0.2, -0.15) is 5.10 Å². The van der Waals surface area contributed by atoms with E-state index in [2.05, 4.69) is 26.0 Å². The summed E-state index contributed by atoms with van der Waals surface area (Å²) in [6, 6.07) is 14.4. The Bertz CT molecular complexity index is 1010. The number of hydrogen-bond acceptors (Lipinski definition) is 8. The number of nitrogen functional groups attached to an aromatic ring is 1. The van der Waals surface area contributed by atoms with E-state index >= 15 is 0 Å². The molecule has 29 heavy (non-hydrogen) atoms. The number of carbonyl (C=O) groups excluding carboxylic acids is 1. The lowest BCUT2D eigenvalue weighted by Crippen LogP contribution is -2.17. The minimum Gasteiger partial charge on any atom is -0.497 e. The van der Waals surface area contributed by atoms with Crippen LogP contribution < -0.4 is 21.3 Å². The minimum atomic E-state index is -0.238. The van der Waals surface area contributed by atoms with Gasteiger partial charge in [0, 0.05) is 0 Å². The molecule has 150 valence electrons. The van der Waals surface area contributed by atoms with Gasteiger partial charge in [0.25, 0.3) is 5.95 Å². The molecule has 0 atom stereocenters. The largest absolute Gasteiger partial charge is 0.497 e. The first-order chi connectivity index (χ1) is 14.1. The standard InChI is InChI=1S/C18H18ClN7O2S/c1-28-13-8-6-12(7-9-13)10-21-23-17-24-25-18(26(17)20)29-11-16(27)22-15-5-3-2-4-14(15)19/h2-10H,11,20H2,1H3,(H,22,27)(H,23,24)/b21-10+. The minimum absolute atomic E-state index is 0.0929. The maximum Gasteiger partial charge on any atom is 0.264 e. The maximum atomic E-state index is 12.1. The van der Waals surface area contributed by atoms with E-state index in [1.165, 1.54) is 4.68 Å². The fraction of sp³-hybridized carbons (Fsp3) is 0.111. The van der Waals surface area contributed by atoms with Crippen molar-refractivity contribution in [2.45, 2.75) is 5.16 Å². The molecule has 1 amide bonds. The van der Waals surface area contributed by atoms with Crippen molar-refractivity contribution in [3.63, 3.8) is 0 Å². The van der Waals surface area contributed by atoms with Crippen LogP contribution in [0.25, 0.3) is 0 Å². The molecule has 0 bridgehead atoms. The summed E-state index contributed by atoms with van der Waals surface area (Å²) in [5, 5.41) is 15.5. The molecule has 9 nitrogen and oxygen atoms in total. The van der Waals surface area contributed by atoms with Gasteiger partial charge in [-0.1, -0.05) is 35.5 Å². The van der Waals surface area contributed by atoms with Crippen molar-refractivity contribution >= 4 is 47.1 Å². The van der Waals surface area contributed by atoms with E-state index in [1.807, 2.05) is 24.3 Å². The molecule has 0 radical (unpaired) electrons. The zero-order valence-electron chi connectivity index (χ0n) is 15.4. The molecule has 4 N–H and O–H groups in total. The highest BCUT2D eigenvalue weighted by molar-refractivity contribution is 7.99. The Morgan fingerprint density at radius 2 is 2.03 bits per heavy atom. The number of carbonyl (C=O) groups is 1. The van der Waals surface area contributed by atoms with Gasteiger partial charge in [-0.15, -0.1) is 10.2 Å². The van der Waals surface area contributed by atoms with Crippen molar-refractivity contribution in [3.05, 3.63) is 59.1 Å². The average Bonchev–Trinajstić information content (AvgIpc) is 3.08. The molecular weight excluding hydrogens is 414 g/mol. The van der Waals surface area contributed by atoms with Gasteiger partial charge in [0.05, 0.1) is 29.8 Å². The molecule has 0 saturated carbocycles. The van der Waals surface area contributed by atoms with Crippen LogP contribution in [0.15, 0.2) is 58.8 Å². The highest BCUT2D eigenvalue weighted by Crippen LogP contribution is 2.22. The van der Waals surface area contributed by atoms with Crippen LogP contribution in [0.4, 0.5) is 11.6 Å². The first kappa shape index (κ1) is 20.5. The molecule has 0 saturated heterocycles. The molecule has 0 aliphatic heterocycles. The van der Waals surface area contributed by atoms with Crippen LogP contribution in [0.1, 0.15) is 5.56 Å². The molecule has 0 aliphatic carbocycles. The molecule has 0 aliphatic rings. The monoisotopic (exact) mass is 431 g/mol. The van der Waals surface area contributed by atoms with Gasteiger partial charge >= 0.3 is 0 Å². The lowest BCUT2D eigenvalue weighted by Gasteiger charge is -2.06. The Balaban J connectivity index is 1.52. The van der Waals surface area contributed by atoms with Crippen LogP contribution in [0.2, 0.25) is 5.02 Å². The third-order valence-electron chi connectivity index (χ3n) is 3.64. The van der Waals surface area contributed by atoms with Gasteiger partial charge < -0.3 is 15.9 Å². The summed E-state index contributed by atoms with van der Waals surface area (Å²) in [5.74, 6) is 6.80. The van der Waals surface area contributed by atoms with Crippen molar-refractivity contribution in [1.29, 1.82) is 0 Å². The molecule has 2 aromatic carbocycles. The van der Waals surface area contributed by atoms with E-state index in [0.29, 0.717) is 15.9 Å². The summed E-state index contributed by atoms with van der Waals surface area (Å²) in [5.41, 5.74) is 4.13. The maximum absolute atomic E-state index is 12.1. The van der Waals surface area contributed by atoms with Crippen LogP contribution in [0, 0.1) is 0 Å². The predicted octanol–water partition coefficient (Wildman–Crippen LogP) is 2.83. The summed E-state index contributed by atoms with van der Waals surface area (Å²) < 4.78 is 6.33. The Morgan fingerprint density at radius 1 is 1.28 bits per heavy atom. The van der Waals surface area contributed by atoms with E-state index in [-0.39, 0.29) is 17.6 Å². The number of hydrazone groups is 1. The van der Waals surface area contributed by atoms with Gasteiger partial charge in [-0.25, -0.2) is 10.1 Å². The fourth-order valence-electron chi connectivity index (χ4n) is 2.19. The number of anilines is 2. The number of thioether (sulfide) groups is 1. The summed E-state index contributed by atoms with van der Waals surface area (Å²) in [4.78, 5) is 12.1. The van der Waals surface area contributed by atoms with Crippen molar-refractivity contribution in [1.82, 2.24) is 14.9 Å². The number of nitrogens with two attached hydrogens (primary N) is 1. The average molecular weight is 432 g/mol. The van der Waals surface area contributed by atoms with Crippen molar-refractivity contribution in [3.8, 4) is 5.75 Å². The Hall–Kier alpha value is -3.24. The lowest BCUT2D eigenvalue weighted by molar-refractivity contribution is -0.113. The molecule has 3 aromatic rings. The first-order valence-corrected chi connectivity index (χ1v) is 9.74. The van der Waals surface area contributed by atoms with Crippen LogP contribution in [0.5, 0.6) is 5.75 Å². The molecule has 1 heterocycles. The molecule has 3 rings (SSSR count). The number of para-hydroxylation sites is 1. The molecule has 1 aromatic heterocycles. The molecule has 0 spiro atoms. The van der Waals surface area contributed by atoms with Gasteiger partial charge in [-0.05, 0) is 42.0 Å². The number of nitrogens with zero attached hydrogens (tertiary/aromatic N) is 4. The normalized spacial score (nSPS) is 10.8. The predicted molar refractivity (Wildman–Crippen MR) is 115 cm³/mol. The number of methoxy groups -OCH3 is 1. The van der Waals surface area contributed by atoms with Crippen molar-refractivity contribution in [2.24, 2.45) is 5.10 Å². The summed E-state index contributed by atoms with van der Waals surface area (Å²) in [7, 11) is 1.61. The van der Waals surface area contributed by atoms with E-state index < -0.39 is 0 Å². The number of halogens is 1. The van der Waals surface area contributed by atoms with Gasteiger partial charge in [0.1, 0.15) is 5.75 Å². The highest BCUT2D eigenvalue weighted by Gasteiger charge is 2.12. The smallest absolute Gasteiger partial charge is 0.264 e. The fourth-order valence-corrected chi connectivity index (χ4v) is 3.02. The van der Waals surface area contributed by atoms with Gasteiger partial charge in [0.2, 0.25) is 11.1 Å². The third-order valence-corrected chi connectivity index (χ3v) is 4.91. The van der Waals surface area contributed by atoms with Crippen LogP contribution in [-0.4, -0.2) is 39.9 Å². The third kappa shape index (κ3) is 5.62. The number of nitrogens with one attached hydrogen (secondary N) is 2. The number of benzene rings is 2. The van der Waals surface area contributed by atoms with Crippen LogP contribution >= 0.6 is 23.4 Å². The highest BCUT2D eigenvalue weighted by atomic mass is 35.5. The Kier molecular flexibility index (Phi) is 6.93. The van der Waals surface area contributed by atoms with E-state index in [4.69, 9.17) is 22.2 Å². The molecule has 0 unspecified atom stereocenters. The Morgan fingerprint density at radius 3 is 2.76 bits per heavy atom. The number of aromatic nitrogens is 3. The topological polar surface area (TPSA) is 119 Å². The number of ether oxygens (including phenoxy) is 1. The van der Waals surface area contributed by atoms with E-state index in [9.17, 15) is 4.79 Å². The first-order valence-electron chi connectivity index (χ1n) is 8.37. The van der Waals surface area contributed by atoms with Crippen LogP contribution in [0.3, 0.4) is 0 Å². The van der Waals surface area contributed by atoms with E-state index in [1.54, 1.807) is 37.6 Å². The summed E-state index contributed by atoms with van der Waals surface area (Å²) >= 11 is 7.16. The number of rotatable bonds is 8.